The summed E-state index contributed by atoms with van der Waals surface area (Å²) in [6, 6.07) is 7.72. The first kappa shape index (κ1) is 11.9. The zero-order chi connectivity index (χ0) is 11.1. The van der Waals surface area contributed by atoms with Gasteiger partial charge < -0.3 is 5.73 Å². The van der Waals surface area contributed by atoms with Crippen LogP contribution in [0, 0.1) is 0 Å². The number of carbonyl (C=O) groups is 1. The standard InChI is InChI=1S/C12H15NOS/c1-10(14)15-8-3-2-5-11-6-4-7-12(13)9-11/h2,4-7,9H,3,8,13H2,1H3. The van der Waals surface area contributed by atoms with E-state index < -0.39 is 0 Å². The van der Waals surface area contributed by atoms with Gasteiger partial charge in [0.05, 0.1) is 0 Å². The van der Waals surface area contributed by atoms with Gasteiger partial charge in [-0.15, -0.1) is 0 Å². The Balaban J connectivity index is 2.35. The molecule has 0 saturated heterocycles. The van der Waals surface area contributed by atoms with E-state index >= 15 is 0 Å². The molecule has 1 aromatic carbocycles. The van der Waals surface area contributed by atoms with E-state index in [4.69, 9.17) is 5.73 Å². The van der Waals surface area contributed by atoms with Crippen LogP contribution in [-0.2, 0) is 4.79 Å². The van der Waals surface area contributed by atoms with Crippen molar-refractivity contribution in [1.82, 2.24) is 0 Å². The van der Waals surface area contributed by atoms with E-state index in [0.29, 0.717) is 0 Å². The topological polar surface area (TPSA) is 43.1 Å². The van der Waals surface area contributed by atoms with E-state index in [1.165, 1.54) is 11.8 Å². The number of thioether (sulfide) groups is 1. The smallest absolute Gasteiger partial charge is 0.185 e. The van der Waals surface area contributed by atoms with Crippen LogP contribution in [0.15, 0.2) is 30.3 Å². The molecule has 0 aliphatic carbocycles. The van der Waals surface area contributed by atoms with Gasteiger partial charge in [-0.3, -0.25) is 4.79 Å². The minimum Gasteiger partial charge on any atom is -0.399 e. The first-order valence-electron chi connectivity index (χ1n) is 4.84. The van der Waals surface area contributed by atoms with Crippen molar-refractivity contribution < 1.29 is 4.79 Å². The second-order valence-corrected chi connectivity index (χ2v) is 4.47. The summed E-state index contributed by atoms with van der Waals surface area (Å²) in [6.07, 6.45) is 4.99. The maximum Gasteiger partial charge on any atom is 0.185 e. The summed E-state index contributed by atoms with van der Waals surface area (Å²) in [5.74, 6) is 0.841. The van der Waals surface area contributed by atoms with Gasteiger partial charge in [-0.1, -0.05) is 36.0 Å². The monoisotopic (exact) mass is 221 g/mol. The number of carbonyl (C=O) groups excluding carboxylic acids is 1. The van der Waals surface area contributed by atoms with Crippen LogP contribution in [0.4, 0.5) is 5.69 Å². The lowest BCUT2D eigenvalue weighted by Crippen LogP contribution is -1.85. The Hall–Kier alpha value is -1.22. The molecule has 0 aromatic heterocycles. The Labute approximate surface area is 94.6 Å². The van der Waals surface area contributed by atoms with Gasteiger partial charge in [0.1, 0.15) is 0 Å². The Morgan fingerprint density at radius 1 is 1.53 bits per heavy atom. The highest BCUT2D eigenvalue weighted by Crippen LogP contribution is 2.09. The molecule has 0 fully saturated rings. The zero-order valence-electron chi connectivity index (χ0n) is 8.77. The summed E-state index contributed by atoms with van der Waals surface area (Å²) in [5.41, 5.74) is 7.52. The molecule has 0 amide bonds. The van der Waals surface area contributed by atoms with Crippen LogP contribution in [0.25, 0.3) is 6.08 Å². The molecule has 2 nitrogen and oxygen atoms in total. The molecule has 15 heavy (non-hydrogen) atoms. The fraction of sp³-hybridized carbons (Fsp3) is 0.250. The quantitative estimate of drug-likeness (QED) is 0.628. The van der Waals surface area contributed by atoms with E-state index in [-0.39, 0.29) is 5.12 Å². The predicted molar refractivity (Wildman–Crippen MR) is 67.6 cm³/mol. The molecule has 0 radical (unpaired) electrons. The van der Waals surface area contributed by atoms with E-state index in [9.17, 15) is 4.79 Å². The van der Waals surface area contributed by atoms with Crippen LogP contribution >= 0.6 is 11.8 Å². The van der Waals surface area contributed by atoms with Gasteiger partial charge >= 0.3 is 0 Å². The Kier molecular flexibility index (Phi) is 4.98. The number of rotatable bonds is 4. The molecule has 0 aliphatic rings. The largest absolute Gasteiger partial charge is 0.399 e. The zero-order valence-corrected chi connectivity index (χ0v) is 9.59. The first-order chi connectivity index (χ1) is 7.18. The van der Waals surface area contributed by atoms with Gasteiger partial charge in [0.15, 0.2) is 5.12 Å². The number of hydrogen-bond acceptors (Lipinski definition) is 3. The van der Waals surface area contributed by atoms with Gasteiger partial charge in [-0.25, -0.2) is 0 Å². The normalized spacial score (nSPS) is 10.7. The summed E-state index contributed by atoms with van der Waals surface area (Å²) in [4.78, 5) is 10.6. The lowest BCUT2D eigenvalue weighted by Gasteiger charge is -1.95. The highest BCUT2D eigenvalue weighted by Gasteiger charge is 1.91. The van der Waals surface area contributed by atoms with Gasteiger partial charge in [0.25, 0.3) is 0 Å². The number of nitrogens with two attached hydrogens (primary N) is 1. The summed E-state index contributed by atoms with van der Waals surface area (Å²) in [5, 5.41) is 0.173. The third-order valence-electron chi connectivity index (χ3n) is 1.81. The minimum atomic E-state index is 0.173. The number of hydrogen-bond donors (Lipinski definition) is 1. The van der Waals surface area contributed by atoms with Crippen molar-refractivity contribution in [1.29, 1.82) is 0 Å². The van der Waals surface area contributed by atoms with E-state index in [0.717, 1.165) is 23.4 Å². The molecule has 0 unspecified atom stereocenters. The SMILES string of the molecule is CC(=O)SCCC=Cc1cccc(N)c1. The molecule has 0 heterocycles. The summed E-state index contributed by atoms with van der Waals surface area (Å²) >= 11 is 1.35. The van der Waals surface area contributed by atoms with Crippen molar-refractivity contribution in [2.75, 3.05) is 11.5 Å². The Bertz CT molecular complexity index is 360. The lowest BCUT2D eigenvalue weighted by molar-refractivity contribution is -0.109. The predicted octanol–water partition coefficient (Wildman–Crippen LogP) is 2.95. The molecule has 0 aliphatic heterocycles. The van der Waals surface area contributed by atoms with Crippen molar-refractivity contribution in [3.63, 3.8) is 0 Å². The second kappa shape index (κ2) is 6.30. The molecular weight excluding hydrogens is 206 g/mol. The average Bonchev–Trinajstić information content (AvgIpc) is 2.17. The van der Waals surface area contributed by atoms with Crippen LogP contribution in [-0.4, -0.2) is 10.9 Å². The Morgan fingerprint density at radius 3 is 3.00 bits per heavy atom. The van der Waals surface area contributed by atoms with E-state index in [1.807, 2.05) is 30.3 Å². The number of anilines is 1. The molecule has 1 aromatic rings. The molecule has 3 heteroatoms. The van der Waals surface area contributed by atoms with Gasteiger partial charge in [0, 0.05) is 18.4 Å². The van der Waals surface area contributed by atoms with Crippen molar-refractivity contribution in [2.24, 2.45) is 0 Å². The molecule has 80 valence electrons. The van der Waals surface area contributed by atoms with E-state index in [1.54, 1.807) is 6.92 Å². The minimum absolute atomic E-state index is 0.173. The maximum atomic E-state index is 10.6. The van der Waals surface area contributed by atoms with Crippen LogP contribution in [0.1, 0.15) is 18.9 Å². The Morgan fingerprint density at radius 2 is 2.33 bits per heavy atom. The number of nitrogen functional groups attached to an aromatic ring is 1. The molecule has 2 N–H and O–H groups in total. The lowest BCUT2D eigenvalue weighted by atomic mass is 10.2. The molecule has 1 rings (SSSR count). The van der Waals surface area contributed by atoms with Crippen LogP contribution < -0.4 is 5.73 Å². The fourth-order valence-corrected chi connectivity index (χ4v) is 1.69. The van der Waals surface area contributed by atoms with Crippen LogP contribution in [0.3, 0.4) is 0 Å². The molecule has 0 saturated carbocycles. The van der Waals surface area contributed by atoms with E-state index in [2.05, 4.69) is 6.08 Å². The summed E-state index contributed by atoms with van der Waals surface area (Å²) in [7, 11) is 0. The van der Waals surface area contributed by atoms with Crippen molar-refractivity contribution in [2.45, 2.75) is 13.3 Å². The van der Waals surface area contributed by atoms with Crippen LogP contribution in [0.5, 0.6) is 0 Å². The highest BCUT2D eigenvalue weighted by atomic mass is 32.2. The molecular formula is C12H15NOS. The first-order valence-corrected chi connectivity index (χ1v) is 5.82. The third-order valence-corrected chi connectivity index (χ3v) is 2.66. The van der Waals surface area contributed by atoms with Crippen molar-refractivity contribution in [3.05, 3.63) is 35.9 Å². The van der Waals surface area contributed by atoms with Crippen LogP contribution in [0.2, 0.25) is 0 Å². The maximum absolute atomic E-state index is 10.6. The summed E-state index contributed by atoms with van der Waals surface area (Å²) < 4.78 is 0. The average molecular weight is 221 g/mol. The number of benzene rings is 1. The van der Waals surface area contributed by atoms with Gasteiger partial charge in [-0.2, -0.15) is 0 Å². The van der Waals surface area contributed by atoms with Gasteiger partial charge in [-0.05, 0) is 24.1 Å². The van der Waals surface area contributed by atoms with Crippen molar-refractivity contribution in [3.8, 4) is 0 Å². The third kappa shape index (κ3) is 5.27. The molecule has 0 atom stereocenters. The number of allylic oxidation sites excluding steroid dienone is 1. The highest BCUT2D eigenvalue weighted by molar-refractivity contribution is 8.13. The molecule has 0 bridgehead atoms. The fourth-order valence-electron chi connectivity index (χ4n) is 1.15. The van der Waals surface area contributed by atoms with Gasteiger partial charge in [0.2, 0.25) is 0 Å². The van der Waals surface area contributed by atoms with Crippen molar-refractivity contribution >= 4 is 28.6 Å². The second-order valence-electron chi connectivity index (χ2n) is 3.20. The summed E-state index contributed by atoms with van der Waals surface area (Å²) in [6.45, 7) is 1.59. The molecule has 0 spiro atoms.